The van der Waals surface area contributed by atoms with Gasteiger partial charge in [-0.25, -0.2) is 0 Å². The van der Waals surface area contributed by atoms with Gasteiger partial charge in [0.15, 0.2) is 11.5 Å². The lowest BCUT2D eigenvalue weighted by atomic mass is 10.0. The topological polar surface area (TPSA) is 45.6 Å². The van der Waals surface area contributed by atoms with Gasteiger partial charge in [0.2, 0.25) is 0 Å². The predicted octanol–water partition coefficient (Wildman–Crippen LogP) is 4.36. The van der Waals surface area contributed by atoms with Crippen LogP contribution in [0.3, 0.4) is 0 Å². The van der Waals surface area contributed by atoms with Gasteiger partial charge in [0.05, 0.1) is 0 Å². The molecule has 2 heterocycles. The highest BCUT2D eigenvalue weighted by Crippen LogP contribution is 2.37. The third-order valence-corrected chi connectivity index (χ3v) is 4.66. The molecule has 0 spiro atoms. The molecule has 1 aliphatic heterocycles. The molecular formula is C23H22N2O2. The Morgan fingerprint density at radius 1 is 1.07 bits per heavy atom. The highest BCUT2D eigenvalue weighted by atomic mass is 16.5. The molecule has 27 heavy (non-hydrogen) atoms. The first-order chi connectivity index (χ1) is 13.3. The Hall–Kier alpha value is -3.11. The van der Waals surface area contributed by atoms with Gasteiger partial charge < -0.3 is 9.84 Å². The van der Waals surface area contributed by atoms with E-state index in [1.165, 1.54) is 5.56 Å². The van der Waals surface area contributed by atoms with E-state index >= 15 is 0 Å². The number of phenolic OH excluding ortho intramolecular Hbond substituents is 1. The standard InChI is InChI=1S/C23H22N2O2/c26-22-15-20(19-9-4-10-24-16-19)14-21-17-25(12-13-27-23(21)22)11-5-8-18-6-2-1-3-7-18/h1-10,14-16,26H,11-13,17H2/b8-5+. The minimum atomic E-state index is 0.188. The fraction of sp³-hybridized carbons (Fsp3) is 0.174. The van der Waals surface area contributed by atoms with Gasteiger partial charge in [-0.1, -0.05) is 48.6 Å². The lowest BCUT2D eigenvalue weighted by Gasteiger charge is -2.17. The van der Waals surface area contributed by atoms with Crippen molar-refractivity contribution in [1.29, 1.82) is 0 Å². The zero-order valence-corrected chi connectivity index (χ0v) is 15.1. The van der Waals surface area contributed by atoms with Crippen molar-refractivity contribution in [2.24, 2.45) is 0 Å². The fourth-order valence-electron chi connectivity index (χ4n) is 3.31. The van der Waals surface area contributed by atoms with Crippen LogP contribution in [0.25, 0.3) is 17.2 Å². The van der Waals surface area contributed by atoms with Crippen LogP contribution in [0, 0.1) is 0 Å². The first-order valence-electron chi connectivity index (χ1n) is 9.12. The Balaban J connectivity index is 1.54. The van der Waals surface area contributed by atoms with Crippen LogP contribution < -0.4 is 4.74 Å². The molecule has 1 aliphatic rings. The second-order valence-corrected chi connectivity index (χ2v) is 6.62. The van der Waals surface area contributed by atoms with Gasteiger partial charge in [0, 0.05) is 43.2 Å². The Bertz CT molecular complexity index is 924. The maximum atomic E-state index is 10.5. The quantitative estimate of drug-likeness (QED) is 0.753. The largest absolute Gasteiger partial charge is 0.504 e. The number of benzene rings is 2. The summed E-state index contributed by atoms with van der Waals surface area (Å²) in [7, 11) is 0. The summed E-state index contributed by atoms with van der Waals surface area (Å²) in [5, 5.41) is 10.5. The Morgan fingerprint density at radius 3 is 2.78 bits per heavy atom. The van der Waals surface area contributed by atoms with Gasteiger partial charge in [-0.05, 0) is 29.3 Å². The minimum Gasteiger partial charge on any atom is -0.504 e. The third-order valence-electron chi connectivity index (χ3n) is 4.66. The number of fused-ring (bicyclic) bond motifs is 1. The van der Waals surface area contributed by atoms with E-state index in [9.17, 15) is 5.11 Å². The molecule has 3 aromatic rings. The highest BCUT2D eigenvalue weighted by molar-refractivity contribution is 5.68. The molecule has 0 radical (unpaired) electrons. The van der Waals surface area contributed by atoms with Crippen molar-refractivity contribution in [3.63, 3.8) is 0 Å². The summed E-state index contributed by atoms with van der Waals surface area (Å²) in [5.41, 5.74) is 4.12. The van der Waals surface area contributed by atoms with Gasteiger partial charge >= 0.3 is 0 Å². The van der Waals surface area contributed by atoms with E-state index in [4.69, 9.17) is 4.74 Å². The Labute approximate surface area is 159 Å². The summed E-state index contributed by atoms with van der Waals surface area (Å²) >= 11 is 0. The molecule has 136 valence electrons. The average molecular weight is 358 g/mol. The molecule has 2 aromatic carbocycles. The summed E-state index contributed by atoms with van der Waals surface area (Å²) in [5.74, 6) is 0.783. The Kier molecular flexibility index (Phi) is 5.17. The van der Waals surface area contributed by atoms with Crippen molar-refractivity contribution in [3.8, 4) is 22.6 Å². The van der Waals surface area contributed by atoms with Gasteiger partial charge in [-0.15, -0.1) is 0 Å². The van der Waals surface area contributed by atoms with Crippen LogP contribution in [-0.2, 0) is 6.54 Å². The predicted molar refractivity (Wildman–Crippen MR) is 108 cm³/mol. The van der Waals surface area contributed by atoms with E-state index in [0.717, 1.165) is 36.3 Å². The molecule has 0 amide bonds. The molecule has 4 rings (SSSR count). The molecule has 0 saturated heterocycles. The molecular weight excluding hydrogens is 336 g/mol. The van der Waals surface area contributed by atoms with Crippen LogP contribution in [-0.4, -0.2) is 34.7 Å². The molecule has 0 saturated carbocycles. The van der Waals surface area contributed by atoms with Gasteiger partial charge in [-0.3, -0.25) is 9.88 Å². The lowest BCUT2D eigenvalue weighted by Crippen LogP contribution is -2.25. The molecule has 0 bridgehead atoms. The summed E-state index contributed by atoms with van der Waals surface area (Å²) < 4.78 is 5.83. The van der Waals surface area contributed by atoms with Crippen LogP contribution in [0.5, 0.6) is 11.5 Å². The molecule has 0 atom stereocenters. The zero-order valence-electron chi connectivity index (χ0n) is 15.1. The maximum Gasteiger partial charge on any atom is 0.165 e. The van der Waals surface area contributed by atoms with Crippen LogP contribution in [0.2, 0.25) is 0 Å². The Morgan fingerprint density at radius 2 is 1.96 bits per heavy atom. The summed E-state index contributed by atoms with van der Waals surface area (Å²) in [4.78, 5) is 6.49. The highest BCUT2D eigenvalue weighted by Gasteiger charge is 2.19. The number of hydrogen-bond donors (Lipinski definition) is 1. The van der Waals surface area contributed by atoms with E-state index in [0.29, 0.717) is 12.4 Å². The van der Waals surface area contributed by atoms with Gasteiger partial charge in [-0.2, -0.15) is 0 Å². The SMILES string of the molecule is Oc1cc(-c2cccnc2)cc2c1OCCN(C/C=C/c1ccccc1)C2. The first kappa shape index (κ1) is 17.3. The third kappa shape index (κ3) is 4.18. The molecule has 4 nitrogen and oxygen atoms in total. The number of nitrogens with zero attached hydrogens (tertiary/aromatic N) is 2. The van der Waals surface area contributed by atoms with Gasteiger partial charge in [0.1, 0.15) is 6.61 Å². The average Bonchev–Trinajstić information content (AvgIpc) is 2.92. The number of phenols is 1. The second-order valence-electron chi connectivity index (χ2n) is 6.62. The van der Waals surface area contributed by atoms with Crippen LogP contribution in [0.1, 0.15) is 11.1 Å². The minimum absolute atomic E-state index is 0.188. The van der Waals surface area contributed by atoms with Crippen LogP contribution >= 0.6 is 0 Å². The van der Waals surface area contributed by atoms with E-state index in [2.05, 4.69) is 40.2 Å². The number of pyridine rings is 1. The number of ether oxygens (including phenoxy) is 1. The maximum absolute atomic E-state index is 10.5. The monoisotopic (exact) mass is 358 g/mol. The number of aromatic hydroxyl groups is 1. The number of aromatic nitrogens is 1. The normalized spacial score (nSPS) is 14.5. The van der Waals surface area contributed by atoms with Crippen molar-refractivity contribution in [2.75, 3.05) is 19.7 Å². The van der Waals surface area contributed by atoms with Crippen LogP contribution in [0.4, 0.5) is 0 Å². The molecule has 1 N–H and O–H groups in total. The van der Waals surface area contributed by atoms with Crippen molar-refractivity contribution in [1.82, 2.24) is 9.88 Å². The molecule has 4 heteroatoms. The van der Waals surface area contributed by atoms with Crippen LogP contribution in [0.15, 0.2) is 73.1 Å². The van der Waals surface area contributed by atoms with E-state index in [1.54, 1.807) is 18.5 Å². The molecule has 0 aliphatic carbocycles. The molecule has 0 unspecified atom stereocenters. The number of rotatable bonds is 4. The first-order valence-corrected chi connectivity index (χ1v) is 9.12. The second kappa shape index (κ2) is 8.06. The number of hydrogen-bond acceptors (Lipinski definition) is 4. The van der Waals surface area contributed by atoms with Crippen molar-refractivity contribution in [2.45, 2.75) is 6.54 Å². The fourth-order valence-corrected chi connectivity index (χ4v) is 3.31. The van der Waals surface area contributed by atoms with Crippen molar-refractivity contribution >= 4 is 6.08 Å². The van der Waals surface area contributed by atoms with E-state index in [1.807, 2.05) is 30.3 Å². The van der Waals surface area contributed by atoms with Crippen molar-refractivity contribution < 1.29 is 9.84 Å². The van der Waals surface area contributed by atoms with Crippen molar-refractivity contribution in [3.05, 3.63) is 84.2 Å². The summed E-state index contributed by atoms with van der Waals surface area (Å²) in [6, 6.07) is 18.0. The zero-order chi connectivity index (χ0) is 18.5. The summed E-state index contributed by atoms with van der Waals surface area (Å²) in [6.45, 7) is 2.94. The lowest BCUT2D eigenvalue weighted by molar-refractivity contribution is 0.239. The van der Waals surface area contributed by atoms with E-state index in [-0.39, 0.29) is 5.75 Å². The molecule has 0 fully saturated rings. The smallest absolute Gasteiger partial charge is 0.165 e. The van der Waals surface area contributed by atoms with E-state index < -0.39 is 0 Å². The summed E-state index contributed by atoms with van der Waals surface area (Å²) in [6.07, 6.45) is 7.86. The molecule has 1 aromatic heterocycles. The van der Waals surface area contributed by atoms with Gasteiger partial charge in [0.25, 0.3) is 0 Å².